The van der Waals surface area contributed by atoms with Crippen molar-refractivity contribution in [2.24, 2.45) is 5.73 Å². The summed E-state index contributed by atoms with van der Waals surface area (Å²) in [5.41, 5.74) is 6.46. The molecule has 0 aliphatic carbocycles. The second kappa shape index (κ2) is 7.05. The lowest BCUT2D eigenvalue weighted by atomic mass is 10.00. The van der Waals surface area contributed by atoms with E-state index < -0.39 is 12.1 Å². The third-order valence-electron chi connectivity index (χ3n) is 3.50. The van der Waals surface area contributed by atoms with Gasteiger partial charge in [-0.15, -0.1) is 0 Å². The smallest absolute Gasteiger partial charge is 0.243 e. The Morgan fingerprint density at radius 2 is 1.60 bits per heavy atom. The molecule has 5 heteroatoms. The second-order valence-electron chi connectivity index (χ2n) is 5.10. The summed E-state index contributed by atoms with van der Waals surface area (Å²) < 4.78 is 0. The Labute approximate surface area is 118 Å². The van der Waals surface area contributed by atoms with Crippen LogP contribution in [-0.2, 0) is 16.0 Å². The quantitative estimate of drug-likeness (QED) is 0.655. The van der Waals surface area contributed by atoms with Crippen LogP contribution < -0.4 is 16.4 Å². The molecule has 20 heavy (non-hydrogen) atoms. The van der Waals surface area contributed by atoms with Crippen LogP contribution in [0.5, 0.6) is 0 Å². The topological polar surface area (TPSA) is 84.2 Å². The maximum Gasteiger partial charge on any atom is 0.243 e. The number of amides is 2. The lowest BCUT2D eigenvalue weighted by Gasteiger charge is -2.29. The van der Waals surface area contributed by atoms with Crippen molar-refractivity contribution in [3.8, 4) is 0 Å². The molecule has 1 aliphatic rings. The molecule has 2 rings (SSSR count). The van der Waals surface area contributed by atoms with Gasteiger partial charge in [-0.3, -0.25) is 9.59 Å². The Balaban J connectivity index is 1.89. The summed E-state index contributed by atoms with van der Waals surface area (Å²) in [6.07, 6.45) is 2.88. The molecule has 1 fully saturated rings. The lowest BCUT2D eigenvalue weighted by Crippen LogP contribution is -2.62. The maximum atomic E-state index is 12.0. The fourth-order valence-electron chi connectivity index (χ4n) is 2.37. The van der Waals surface area contributed by atoms with Crippen LogP contribution in [0, 0.1) is 0 Å². The summed E-state index contributed by atoms with van der Waals surface area (Å²) in [7, 11) is 0. The van der Waals surface area contributed by atoms with Crippen molar-refractivity contribution >= 4 is 11.8 Å². The molecule has 108 valence electrons. The van der Waals surface area contributed by atoms with Gasteiger partial charge in [0.2, 0.25) is 11.8 Å². The van der Waals surface area contributed by atoms with Crippen LogP contribution in [0.1, 0.15) is 24.8 Å². The van der Waals surface area contributed by atoms with Crippen molar-refractivity contribution in [1.29, 1.82) is 0 Å². The van der Waals surface area contributed by atoms with Gasteiger partial charge in [-0.25, -0.2) is 0 Å². The van der Waals surface area contributed by atoms with E-state index in [-0.39, 0.29) is 11.8 Å². The molecule has 0 radical (unpaired) electrons. The highest BCUT2D eigenvalue weighted by Gasteiger charge is 2.32. The zero-order chi connectivity index (χ0) is 14.4. The zero-order valence-corrected chi connectivity index (χ0v) is 11.5. The summed E-state index contributed by atoms with van der Waals surface area (Å²) in [5, 5.41) is 5.61. The van der Waals surface area contributed by atoms with Gasteiger partial charge in [-0.1, -0.05) is 30.3 Å². The highest BCUT2D eigenvalue weighted by molar-refractivity contribution is 5.97. The van der Waals surface area contributed by atoms with Crippen molar-refractivity contribution in [2.45, 2.75) is 37.8 Å². The second-order valence-corrected chi connectivity index (χ2v) is 5.10. The predicted octanol–water partition coefficient (Wildman–Crippen LogP) is 0.341. The third kappa shape index (κ3) is 3.81. The molecule has 5 nitrogen and oxygen atoms in total. The number of carbonyl (C=O) groups excluding carboxylic acids is 2. The lowest BCUT2D eigenvalue weighted by molar-refractivity contribution is -0.136. The molecular weight excluding hydrogens is 254 g/mol. The number of benzene rings is 1. The fourth-order valence-corrected chi connectivity index (χ4v) is 2.37. The minimum absolute atomic E-state index is 0.0949. The molecule has 0 aromatic heterocycles. The van der Waals surface area contributed by atoms with Crippen LogP contribution in [0.4, 0.5) is 0 Å². The Hall–Kier alpha value is -1.88. The van der Waals surface area contributed by atoms with Crippen LogP contribution in [-0.4, -0.2) is 30.4 Å². The van der Waals surface area contributed by atoms with Gasteiger partial charge in [0.1, 0.15) is 12.1 Å². The minimum atomic E-state index is -0.476. The molecule has 0 bridgehead atoms. The monoisotopic (exact) mass is 275 g/mol. The largest absolute Gasteiger partial charge is 0.343 e. The van der Waals surface area contributed by atoms with Crippen LogP contribution in [0.3, 0.4) is 0 Å². The average Bonchev–Trinajstić information content (AvgIpc) is 2.45. The number of piperazine rings is 1. The van der Waals surface area contributed by atoms with E-state index in [9.17, 15) is 9.59 Å². The van der Waals surface area contributed by atoms with Crippen molar-refractivity contribution in [3.63, 3.8) is 0 Å². The number of nitrogens with one attached hydrogen (secondary N) is 2. The number of unbranched alkanes of at least 4 members (excludes halogenated alkanes) is 1. The summed E-state index contributed by atoms with van der Waals surface area (Å²) in [5.74, 6) is -0.200. The molecule has 2 amide bonds. The van der Waals surface area contributed by atoms with Crippen LogP contribution in [0.2, 0.25) is 0 Å². The fraction of sp³-hybridized carbons (Fsp3) is 0.467. The molecule has 1 heterocycles. The normalized spacial score (nSPS) is 22.2. The Morgan fingerprint density at radius 3 is 2.30 bits per heavy atom. The third-order valence-corrected chi connectivity index (χ3v) is 3.50. The minimum Gasteiger partial charge on any atom is -0.343 e. The first-order valence-electron chi connectivity index (χ1n) is 7.05. The molecule has 2 atom stereocenters. The molecule has 4 N–H and O–H groups in total. The molecule has 1 aliphatic heterocycles. The van der Waals surface area contributed by atoms with Gasteiger partial charge in [-0.05, 0) is 31.4 Å². The highest BCUT2D eigenvalue weighted by Crippen LogP contribution is 2.10. The van der Waals surface area contributed by atoms with Gasteiger partial charge in [0.05, 0.1) is 0 Å². The van der Waals surface area contributed by atoms with Gasteiger partial charge in [0.15, 0.2) is 0 Å². The molecule has 0 unspecified atom stereocenters. The Kier molecular flexibility index (Phi) is 5.12. The highest BCUT2D eigenvalue weighted by atomic mass is 16.2. The first kappa shape index (κ1) is 14.5. The van der Waals surface area contributed by atoms with E-state index >= 15 is 0 Å². The van der Waals surface area contributed by atoms with Crippen LogP contribution in [0.25, 0.3) is 0 Å². The average molecular weight is 275 g/mol. The SMILES string of the molecule is NCCCC[C@@H]1NC(=O)[C@H](Cc2ccccc2)NC1=O. The Morgan fingerprint density at radius 1 is 0.950 bits per heavy atom. The van der Waals surface area contributed by atoms with Crippen molar-refractivity contribution < 1.29 is 9.59 Å². The molecule has 0 saturated carbocycles. The van der Waals surface area contributed by atoms with E-state index in [4.69, 9.17) is 5.73 Å². The van der Waals surface area contributed by atoms with Crippen molar-refractivity contribution in [3.05, 3.63) is 35.9 Å². The molecule has 1 aromatic carbocycles. The number of carbonyl (C=O) groups is 2. The van der Waals surface area contributed by atoms with Crippen molar-refractivity contribution in [1.82, 2.24) is 10.6 Å². The van der Waals surface area contributed by atoms with Crippen LogP contribution >= 0.6 is 0 Å². The van der Waals surface area contributed by atoms with E-state index in [1.54, 1.807) is 0 Å². The van der Waals surface area contributed by atoms with E-state index in [1.165, 1.54) is 0 Å². The maximum absolute atomic E-state index is 12.0. The van der Waals surface area contributed by atoms with E-state index in [1.807, 2.05) is 30.3 Å². The number of rotatable bonds is 6. The van der Waals surface area contributed by atoms with E-state index in [0.29, 0.717) is 19.4 Å². The first-order valence-corrected chi connectivity index (χ1v) is 7.05. The molecule has 0 spiro atoms. The first-order chi connectivity index (χ1) is 9.70. The molecular formula is C15H21N3O2. The standard InChI is InChI=1S/C15H21N3O2/c16-9-5-4-8-12-14(19)18-13(15(20)17-12)10-11-6-2-1-3-7-11/h1-3,6-7,12-13H,4-5,8-10,16H2,(H,17,20)(H,18,19)/t12-,13-/m0/s1. The van der Waals surface area contributed by atoms with Crippen molar-refractivity contribution in [2.75, 3.05) is 6.54 Å². The van der Waals surface area contributed by atoms with E-state index in [2.05, 4.69) is 10.6 Å². The number of hydrogen-bond donors (Lipinski definition) is 3. The predicted molar refractivity (Wildman–Crippen MR) is 76.9 cm³/mol. The van der Waals surface area contributed by atoms with Gasteiger partial charge in [0, 0.05) is 6.42 Å². The molecule has 1 saturated heterocycles. The summed E-state index contributed by atoms with van der Waals surface area (Å²) >= 11 is 0. The van der Waals surface area contributed by atoms with Gasteiger partial charge in [-0.2, -0.15) is 0 Å². The Bertz CT molecular complexity index is 461. The van der Waals surface area contributed by atoms with Gasteiger partial charge >= 0.3 is 0 Å². The van der Waals surface area contributed by atoms with Crippen LogP contribution in [0.15, 0.2) is 30.3 Å². The summed E-state index contributed by atoms with van der Waals surface area (Å²) in [4.78, 5) is 24.0. The number of hydrogen-bond acceptors (Lipinski definition) is 3. The van der Waals surface area contributed by atoms with Gasteiger partial charge < -0.3 is 16.4 Å². The summed E-state index contributed by atoms with van der Waals surface area (Å²) in [6, 6.07) is 8.79. The van der Waals surface area contributed by atoms with Gasteiger partial charge in [0.25, 0.3) is 0 Å². The molecule has 1 aromatic rings. The zero-order valence-electron chi connectivity index (χ0n) is 11.5. The van der Waals surface area contributed by atoms with E-state index in [0.717, 1.165) is 18.4 Å². The number of nitrogens with two attached hydrogens (primary N) is 1. The summed E-state index contributed by atoms with van der Waals surface area (Å²) in [6.45, 7) is 0.610.